The lowest BCUT2D eigenvalue weighted by Crippen LogP contribution is -2.55. The summed E-state index contributed by atoms with van der Waals surface area (Å²) in [5.74, 6) is -0.955. The van der Waals surface area contributed by atoms with Crippen LogP contribution in [0.2, 0.25) is 5.02 Å². The maximum atomic E-state index is 13.4. The zero-order chi connectivity index (χ0) is 28.1. The van der Waals surface area contributed by atoms with E-state index in [-0.39, 0.29) is 31.2 Å². The lowest BCUT2D eigenvalue weighted by Gasteiger charge is -2.40. The van der Waals surface area contributed by atoms with Crippen molar-refractivity contribution in [1.29, 1.82) is 0 Å². The molecule has 0 unspecified atom stereocenters. The Morgan fingerprint density at radius 3 is 2.62 bits per heavy atom. The van der Waals surface area contributed by atoms with Gasteiger partial charge in [0.1, 0.15) is 18.5 Å². The number of fused-ring (bicyclic) bond motifs is 3. The fraction of sp³-hybridized carbons (Fsp3) is 0.345. The van der Waals surface area contributed by atoms with E-state index in [2.05, 4.69) is 5.32 Å². The van der Waals surface area contributed by atoms with Crippen molar-refractivity contribution in [3.05, 3.63) is 81.9 Å². The summed E-state index contributed by atoms with van der Waals surface area (Å²) >= 11 is 6.05. The summed E-state index contributed by atoms with van der Waals surface area (Å²) in [5.41, 5.74) is 1.87. The molecule has 10 heteroatoms. The van der Waals surface area contributed by atoms with Gasteiger partial charge in [-0.05, 0) is 48.4 Å². The lowest BCUT2D eigenvalue weighted by atomic mass is 9.77. The second-order valence-corrected chi connectivity index (χ2v) is 9.74. The molecule has 0 spiro atoms. The van der Waals surface area contributed by atoms with Crippen molar-refractivity contribution in [3.63, 3.8) is 0 Å². The van der Waals surface area contributed by atoms with Crippen LogP contribution in [0.15, 0.2) is 60.2 Å². The van der Waals surface area contributed by atoms with Gasteiger partial charge in [-0.15, -0.1) is 0 Å². The van der Waals surface area contributed by atoms with E-state index in [9.17, 15) is 24.6 Å². The highest BCUT2D eigenvalue weighted by Crippen LogP contribution is 2.51. The number of halogens is 1. The van der Waals surface area contributed by atoms with Gasteiger partial charge in [0.15, 0.2) is 11.5 Å². The van der Waals surface area contributed by atoms with Crippen molar-refractivity contribution in [3.8, 4) is 11.5 Å². The molecule has 0 fully saturated rings. The molecule has 4 atom stereocenters. The number of amides is 2. The number of ether oxygens (including phenoxy) is 2. The molecule has 4 rings (SSSR count). The quantitative estimate of drug-likeness (QED) is 0.304. The molecule has 9 nitrogen and oxygen atoms in total. The van der Waals surface area contributed by atoms with Gasteiger partial charge in [-0.25, -0.2) is 0 Å². The monoisotopic (exact) mass is 554 g/mol. The first kappa shape index (κ1) is 28.4. The Morgan fingerprint density at radius 1 is 1.23 bits per heavy atom. The smallest absolute Gasteiger partial charge is 0.247 e. The molecule has 0 saturated heterocycles. The molecule has 1 aliphatic heterocycles. The van der Waals surface area contributed by atoms with Crippen LogP contribution in [0.25, 0.3) is 0 Å². The number of hydrogen-bond acceptors (Lipinski definition) is 7. The summed E-state index contributed by atoms with van der Waals surface area (Å²) in [5, 5.41) is 24.2. The summed E-state index contributed by atoms with van der Waals surface area (Å²) in [6.45, 7) is 1.79. The minimum absolute atomic E-state index is 0.0127. The highest BCUT2D eigenvalue weighted by atomic mass is 35.5. The molecule has 1 aliphatic carbocycles. The fourth-order valence-corrected chi connectivity index (χ4v) is 5.12. The van der Waals surface area contributed by atoms with Crippen LogP contribution in [0.3, 0.4) is 0 Å². The van der Waals surface area contributed by atoms with Crippen LogP contribution >= 0.6 is 11.6 Å². The Balaban J connectivity index is 1.82. The van der Waals surface area contributed by atoms with Gasteiger partial charge in [0.25, 0.3) is 0 Å². The third-order valence-corrected chi connectivity index (χ3v) is 7.07. The number of nitrogens with one attached hydrogen (secondary N) is 1. The number of rotatable bonds is 10. The molecule has 0 saturated carbocycles. The average molecular weight is 555 g/mol. The number of benzene rings is 2. The van der Waals surface area contributed by atoms with E-state index in [0.29, 0.717) is 40.4 Å². The number of allylic oxidation sites excluding steroid dienone is 1. The minimum atomic E-state index is -1.23. The van der Waals surface area contributed by atoms with Crippen LogP contribution in [0.5, 0.6) is 11.5 Å². The average Bonchev–Trinajstić information content (AvgIpc) is 3.34. The normalized spacial score (nSPS) is 21.4. The predicted octanol–water partition coefficient (Wildman–Crippen LogP) is 2.78. The number of nitrogens with zero attached hydrogens (tertiary/aromatic N) is 1. The van der Waals surface area contributed by atoms with Gasteiger partial charge in [-0.3, -0.25) is 14.4 Å². The molecule has 206 valence electrons. The van der Waals surface area contributed by atoms with Crippen LogP contribution < -0.4 is 14.8 Å². The van der Waals surface area contributed by atoms with Gasteiger partial charge in [-0.1, -0.05) is 36.7 Å². The number of hydrogen-bond donors (Lipinski definition) is 3. The summed E-state index contributed by atoms with van der Waals surface area (Å²) in [6, 6.07) is 9.20. The molecule has 1 heterocycles. The molecule has 2 aliphatic rings. The maximum absolute atomic E-state index is 13.4. The van der Waals surface area contributed by atoms with Gasteiger partial charge >= 0.3 is 0 Å². The van der Waals surface area contributed by atoms with E-state index in [0.717, 1.165) is 5.56 Å². The van der Waals surface area contributed by atoms with Crippen molar-refractivity contribution in [2.75, 3.05) is 20.3 Å². The van der Waals surface area contributed by atoms with E-state index in [1.54, 1.807) is 42.5 Å². The largest absolute Gasteiger partial charge is 0.493 e. The lowest BCUT2D eigenvalue weighted by molar-refractivity contribution is -0.133. The van der Waals surface area contributed by atoms with Crippen molar-refractivity contribution < 1.29 is 34.1 Å². The minimum Gasteiger partial charge on any atom is -0.493 e. The van der Waals surface area contributed by atoms with Gasteiger partial charge in [0.2, 0.25) is 11.8 Å². The molecule has 2 aromatic carbocycles. The van der Waals surface area contributed by atoms with E-state index < -0.39 is 30.1 Å². The Bertz CT molecular complexity index is 1290. The van der Waals surface area contributed by atoms with E-state index in [1.807, 2.05) is 6.92 Å². The first-order valence-corrected chi connectivity index (χ1v) is 13.0. The molecule has 2 aromatic rings. The predicted molar refractivity (Wildman–Crippen MR) is 145 cm³/mol. The number of carbonyl (C=O) groups excluding carboxylic acids is 3. The van der Waals surface area contributed by atoms with Crippen molar-refractivity contribution in [2.45, 2.75) is 44.1 Å². The molecule has 39 heavy (non-hydrogen) atoms. The van der Waals surface area contributed by atoms with Crippen LogP contribution in [0.1, 0.15) is 40.7 Å². The summed E-state index contributed by atoms with van der Waals surface area (Å²) in [4.78, 5) is 39.9. The first-order chi connectivity index (χ1) is 18.8. The molecular weight excluding hydrogens is 524 g/mol. The SMILES string of the molecule is CCC=CC(=O)N(Cc1ccc(Cl)cc1)[C@@H]1C=C(C(=O)NCCO)[C@@H]2c3cc(C=O)cc(OC)c3O[C@@H]2[C@H]1O. The molecule has 0 aromatic heterocycles. The molecule has 2 amide bonds. The third-order valence-electron chi connectivity index (χ3n) is 6.82. The van der Waals surface area contributed by atoms with Crippen molar-refractivity contribution in [1.82, 2.24) is 10.2 Å². The van der Waals surface area contributed by atoms with Gasteiger partial charge in [0.05, 0.1) is 25.7 Å². The second-order valence-electron chi connectivity index (χ2n) is 9.31. The van der Waals surface area contributed by atoms with Crippen LogP contribution in [0, 0.1) is 0 Å². The van der Waals surface area contributed by atoms with Crippen molar-refractivity contribution in [2.24, 2.45) is 0 Å². The van der Waals surface area contributed by atoms with E-state index in [4.69, 9.17) is 21.1 Å². The Labute approximate surface area is 231 Å². The zero-order valence-corrected chi connectivity index (χ0v) is 22.4. The topological polar surface area (TPSA) is 125 Å². The highest BCUT2D eigenvalue weighted by Gasteiger charge is 2.51. The number of carbonyl (C=O) groups is 3. The number of aliphatic hydroxyl groups is 2. The van der Waals surface area contributed by atoms with E-state index >= 15 is 0 Å². The second kappa shape index (κ2) is 12.5. The Hall–Kier alpha value is -3.66. The van der Waals surface area contributed by atoms with Crippen molar-refractivity contribution >= 4 is 29.7 Å². The summed E-state index contributed by atoms with van der Waals surface area (Å²) in [6.07, 6.45) is 3.87. The van der Waals surface area contributed by atoms with Gasteiger partial charge in [0, 0.05) is 34.8 Å². The number of aldehydes is 1. The summed E-state index contributed by atoms with van der Waals surface area (Å²) < 4.78 is 11.6. The van der Waals surface area contributed by atoms with Crippen LogP contribution in [-0.4, -0.2) is 71.7 Å². The Morgan fingerprint density at radius 2 is 1.97 bits per heavy atom. The zero-order valence-electron chi connectivity index (χ0n) is 21.7. The summed E-state index contributed by atoms with van der Waals surface area (Å²) in [7, 11) is 1.44. The molecular formula is C29H31ClN2O7. The molecule has 0 radical (unpaired) electrons. The van der Waals surface area contributed by atoms with Gasteiger partial charge in [-0.2, -0.15) is 0 Å². The van der Waals surface area contributed by atoms with Gasteiger partial charge < -0.3 is 29.9 Å². The van der Waals surface area contributed by atoms with E-state index in [1.165, 1.54) is 24.2 Å². The molecule has 3 N–H and O–H groups in total. The maximum Gasteiger partial charge on any atom is 0.247 e. The fourth-order valence-electron chi connectivity index (χ4n) is 4.99. The highest BCUT2D eigenvalue weighted by molar-refractivity contribution is 6.30. The third kappa shape index (κ3) is 5.85. The first-order valence-electron chi connectivity index (χ1n) is 12.7. The number of aliphatic hydroxyl groups excluding tert-OH is 2. The standard InChI is InChI=1S/C29H31ClN2O7/c1-3-4-5-24(35)32(15-17-6-8-19(30)9-7-17)22-14-21(29(37)31-10-11-33)25-20-12-18(16-34)13-23(38-2)27(20)39-28(25)26(22)36/h4-9,12-14,16,22,25-26,28,33,36H,3,10-11,15H2,1-2H3,(H,31,37)/t22-,25+,26+,28+/m1/s1. The number of methoxy groups -OCH3 is 1. The Kier molecular flexibility index (Phi) is 9.06. The molecule has 0 bridgehead atoms. The van der Waals surface area contributed by atoms with Crippen LogP contribution in [-0.2, 0) is 16.1 Å². The van der Waals surface area contributed by atoms with Crippen LogP contribution in [0.4, 0.5) is 0 Å².